The highest BCUT2D eigenvalue weighted by Crippen LogP contribution is 2.47. The highest BCUT2D eigenvalue weighted by molar-refractivity contribution is 7.91. The summed E-state index contributed by atoms with van der Waals surface area (Å²) < 4.78 is 23.4. The van der Waals surface area contributed by atoms with Crippen LogP contribution in [0, 0.1) is 0 Å². The number of fused-ring (bicyclic) bond motifs is 1. The third-order valence-corrected chi connectivity index (χ3v) is 6.44. The number of cyclic esters (lactones) is 1. The molecule has 1 aliphatic heterocycles. The lowest BCUT2D eigenvalue weighted by atomic mass is 9.94. The molecule has 0 aromatic heterocycles. The van der Waals surface area contributed by atoms with Gasteiger partial charge in [0, 0.05) is 5.56 Å². The molecule has 0 spiro atoms. The van der Waals surface area contributed by atoms with Crippen molar-refractivity contribution in [2.45, 2.75) is 37.2 Å². The number of carbonyl (C=O) groups excluding carboxylic acids is 1. The summed E-state index contributed by atoms with van der Waals surface area (Å²) in [6, 6.07) is 11.0. The number of unbranched alkanes of at least 4 members (excludes halogenated alkanes) is 1. The van der Waals surface area contributed by atoms with Crippen molar-refractivity contribution >= 4 is 46.2 Å². The van der Waals surface area contributed by atoms with Crippen molar-refractivity contribution in [2.75, 3.05) is 17.7 Å². The monoisotopic (exact) mass is 441 g/mol. The number of benzene rings is 2. The number of rotatable bonds is 7. The van der Waals surface area contributed by atoms with Crippen molar-refractivity contribution in [3.8, 4) is 5.75 Å². The Balaban J connectivity index is 1.60. The third-order valence-electron chi connectivity index (χ3n) is 4.34. The van der Waals surface area contributed by atoms with Crippen LogP contribution in [0.3, 0.4) is 0 Å². The molecule has 0 bridgehead atoms. The highest BCUT2D eigenvalue weighted by atomic mass is 35.5. The summed E-state index contributed by atoms with van der Waals surface area (Å²) in [6.45, 7) is 3.90. The van der Waals surface area contributed by atoms with Crippen molar-refractivity contribution in [1.29, 1.82) is 0 Å². The second kappa shape index (κ2) is 8.82. The predicted molar refractivity (Wildman–Crippen MR) is 112 cm³/mol. The topological polar surface area (TPSA) is 70.6 Å². The summed E-state index contributed by atoms with van der Waals surface area (Å²) in [7, 11) is 0. The molecule has 28 heavy (non-hydrogen) atoms. The molecule has 8 heteroatoms. The van der Waals surface area contributed by atoms with Crippen LogP contribution >= 0.6 is 23.2 Å². The molecule has 3 rings (SSSR count). The molecule has 0 fully saturated rings. The molecule has 0 radical (unpaired) electrons. The summed E-state index contributed by atoms with van der Waals surface area (Å²) >= 11 is 11.8. The van der Waals surface area contributed by atoms with Crippen LogP contribution in [0.15, 0.2) is 41.3 Å². The number of anilines is 1. The van der Waals surface area contributed by atoms with Crippen molar-refractivity contribution in [2.24, 2.45) is 0 Å². The van der Waals surface area contributed by atoms with Crippen molar-refractivity contribution in [1.82, 2.24) is 0 Å². The van der Waals surface area contributed by atoms with E-state index in [1.165, 1.54) is 0 Å². The minimum atomic E-state index is -1.02. The maximum Gasteiger partial charge on any atom is 0.412 e. The van der Waals surface area contributed by atoms with Crippen LogP contribution in [0.5, 0.6) is 5.75 Å². The van der Waals surface area contributed by atoms with E-state index < -0.39 is 22.9 Å². The van der Waals surface area contributed by atoms with Crippen LogP contribution in [0.2, 0.25) is 10.0 Å². The third kappa shape index (κ3) is 4.69. The second-order valence-electron chi connectivity index (χ2n) is 6.87. The van der Waals surface area contributed by atoms with Gasteiger partial charge in [-0.1, -0.05) is 41.4 Å². The Kier molecular flexibility index (Phi) is 6.65. The van der Waals surface area contributed by atoms with Crippen LogP contribution in [0.4, 0.5) is 10.5 Å². The molecule has 1 N–H and O–H groups in total. The first-order chi connectivity index (χ1) is 13.3. The average molecular weight is 442 g/mol. The van der Waals surface area contributed by atoms with E-state index in [0.29, 0.717) is 45.8 Å². The van der Waals surface area contributed by atoms with E-state index in [1.807, 2.05) is 30.3 Å². The fraction of sp³-hybridized carbons (Fsp3) is 0.350. The van der Waals surface area contributed by atoms with Crippen molar-refractivity contribution in [3.05, 3.63) is 52.0 Å². The van der Waals surface area contributed by atoms with Gasteiger partial charge in [0.05, 0.1) is 22.3 Å². The van der Waals surface area contributed by atoms with E-state index in [1.54, 1.807) is 19.9 Å². The smallest absolute Gasteiger partial charge is 0.412 e. The number of nitrogens with one attached hydrogen (secondary N) is 1. The number of ether oxygens (including phenoxy) is 2. The number of hydrogen-bond donors (Lipinski definition) is 1. The van der Waals surface area contributed by atoms with Gasteiger partial charge < -0.3 is 14.0 Å². The van der Waals surface area contributed by atoms with E-state index >= 15 is 0 Å². The van der Waals surface area contributed by atoms with Crippen LogP contribution in [0.25, 0.3) is 0 Å². The molecule has 2 aromatic rings. The van der Waals surface area contributed by atoms with Gasteiger partial charge in [0.15, 0.2) is 10.6 Å². The first-order valence-electron chi connectivity index (χ1n) is 8.88. The molecular weight excluding hydrogens is 421 g/mol. The molecule has 1 atom stereocenters. The standard InChI is InChI=1S/C20H21Cl2NO4S/c1-20(2)16-15(23-19(24)27-20)12-14(21)18(17(16)22)26-10-6-7-11-28(25)13-8-4-3-5-9-13/h3-5,8-9,12H,6-7,10-11H2,1-2H3,(H,23,24). The van der Waals surface area contributed by atoms with Crippen LogP contribution in [-0.2, 0) is 21.5 Å². The van der Waals surface area contributed by atoms with Gasteiger partial charge in [0.1, 0.15) is 11.4 Å². The van der Waals surface area contributed by atoms with E-state index in [-0.39, 0.29) is 0 Å². The molecule has 0 saturated carbocycles. The maximum atomic E-state index is 12.2. The van der Waals surface area contributed by atoms with Crippen LogP contribution in [-0.4, -0.2) is 23.0 Å². The van der Waals surface area contributed by atoms with Gasteiger partial charge in [-0.25, -0.2) is 4.79 Å². The SMILES string of the molecule is CC1(C)OC(=O)Nc2cc(Cl)c(OCCCC[S+]([O-])c3ccccc3)c(Cl)c21. The number of halogens is 2. The van der Waals surface area contributed by atoms with Gasteiger partial charge in [-0.15, -0.1) is 0 Å². The Hall–Kier alpha value is -1.60. The lowest BCUT2D eigenvalue weighted by Crippen LogP contribution is -2.35. The number of carbonyl (C=O) groups is 1. The summed E-state index contributed by atoms with van der Waals surface area (Å²) in [6.07, 6.45) is 0.899. The molecule has 1 aliphatic rings. The van der Waals surface area contributed by atoms with Gasteiger partial charge >= 0.3 is 6.09 Å². The first-order valence-corrected chi connectivity index (χ1v) is 11.0. The van der Waals surface area contributed by atoms with Gasteiger partial charge in [0.25, 0.3) is 0 Å². The Morgan fingerprint density at radius 1 is 1.21 bits per heavy atom. The average Bonchev–Trinajstić information content (AvgIpc) is 2.62. The Morgan fingerprint density at radius 2 is 1.93 bits per heavy atom. The van der Waals surface area contributed by atoms with Gasteiger partial charge in [-0.2, -0.15) is 0 Å². The molecule has 0 aliphatic carbocycles. The normalized spacial score (nSPS) is 16.0. The minimum absolute atomic E-state index is 0.314. The van der Waals surface area contributed by atoms with Gasteiger partial charge in [0.2, 0.25) is 0 Å². The zero-order valence-electron chi connectivity index (χ0n) is 15.6. The molecule has 1 unspecified atom stereocenters. The quantitative estimate of drug-likeness (QED) is 0.437. The number of amides is 1. The molecule has 0 saturated heterocycles. The molecule has 150 valence electrons. The molecule has 2 aromatic carbocycles. The molecular formula is C20H21Cl2NO4S. The highest BCUT2D eigenvalue weighted by Gasteiger charge is 2.37. The lowest BCUT2D eigenvalue weighted by Gasteiger charge is -2.34. The van der Waals surface area contributed by atoms with Gasteiger partial charge in [-0.05, 0) is 56.1 Å². The fourth-order valence-corrected chi connectivity index (χ4v) is 4.99. The zero-order valence-corrected chi connectivity index (χ0v) is 17.9. The minimum Gasteiger partial charge on any atom is -0.611 e. The van der Waals surface area contributed by atoms with E-state index in [4.69, 9.17) is 32.7 Å². The van der Waals surface area contributed by atoms with E-state index in [2.05, 4.69) is 5.32 Å². The molecule has 1 amide bonds. The van der Waals surface area contributed by atoms with Gasteiger partial charge in [-0.3, -0.25) is 5.32 Å². The van der Waals surface area contributed by atoms with Crippen molar-refractivity contribution < 1.29 is 18.8 Å². The van der Waals surface area contributed by atoms with Crippen molar-refractivity contribution in [3.63, 3.8) is 0 Å². The predicted octanol–water partition coefficient (Wildman–Crippen LogP) is 5.76. The Labute approximate surface area is 177 Å². The summed E-state index contributed by atoms with van der Waals surface area (Å²) in [4.78, 5) is 12.5. The van der Waals surface area contributed by atoms with Crippen LogP contribution in [0.1, 0.15) is 32.3 Å². The van der Waals surface area contributed by atoms with E-state index in [9.17, 15) is 9.35 Å². The summed E-state index contributed by atoms with van der Waals surface area (Å²) in [5.41, 5.74) is 0.240. The zero-order chi connectivity index (χ0) is 20.3. The number of hydrogen-bond acceptors (Lipinski definition) is 4. The lowest BCUT2D eigenvalue weighted by molar-refractivity contribution is 0.0419. The first kappa shape index (κ1) is 21.1. The summed E-state index contributed by atoms with van der Waals surface area (Å²) in [5, 5.41) is 3.24. The second-order valence-corrected chi connectivity index (χ2v) is 9.22. The summed E-state index contributed by atoms with van der Waals surface area (Å²) in [5.74, 6) is 0.922. The Morgan fingerprint density at radius 3 is 2.64 bits per heavy atom. The molecule has 1 heterocycles. The van der Waals surface area contributed by atoms with Crippen LogP contribution < -0.4 is 10.1 Å². The fourth-order valence-electron chi connectivity index (χ4n) is 3.04. The maximum absolute atomic E-state index is 12.2. The Bertz CT molecular complexity index is 861. The largest absolute Gasteiger partial charge is 0.611 e. The molecule has 5 nitrogen and oxygen atoms in total. The van der Waals surface area contributed by atoms with E-state index in [0.717, 1.165) is 11.3 Å².